The fourth-order valence-corrected chi connectivity index (χ4v) is 2.96. The number of benzene rings is 1. The van der Waals surface area contributed by atoms with Gasteiger partial charge in [0.05, 0.1) is 10.6 Å². The van der Waals surface area contributed by atoms with E-state index in [0.717, 1.165) is 18.0 Å². The Morgan fingerprint density at radius 1 is 1.37 bits per heavy atom. The van der Waals surface area contributed by atoms with Gasteiger partial charge in [0, 0.05) is 11.7 Å². The summed E-state index contributed by atoms with van der Waals surface area (Å²) in [5.74, 6) is 0.902. The van der Waals surface area contributed by atoms with Crippen LogP contribution in [0.4, 0.5) is 5.69 Å². The second-order valence-electron chi connectivity index (χ2n) is 5.71. The Morgan fingerprint density at radius 2 is 2.11 bits per heavy atom. The van der Waals surface area contributed by atoms with E-state index in [1.54, 1.807) is 12.1 Å². The van der Waals surface area contributed by atoms with Gasteiger partial charge in [-0.25, -0.2) is 0 Å². The van der Waals surface area contributed by atoms with Gasteiger partial charge < -0.3 is 11.1 Å². The van der Waals surface area contributed by atoms with Crippen LogP contribution in [-0.4, -0.2) is 11.9 Å². The van der Waals surface area contributed by atoms with Gasteiger partial charge in [-0.1, -0.05) is 31.9 Å². The first-order chi connectivity index (χ1) is 8.97. The molecule has 4 heteroatoms. The maximum absolute atomic E-state index is 11.3. The van der Waals surface area contributed by atoms with Crippen molar-refractivity contribution in [3.8, 4) is 0 Å². The molecule has 0 radical (unpaired) electrons. The molecule has 0 heterocycles. The van der Waals surface area contributed by atoms with Gasteiger partial charge in [-0.2, -0.15) is 0 Å². The van der Waals surface area contributed by atoms with Crippen LogP contribution in [0, 0.1) is 11.8 Å². The maximum Gasteiger partial charge on any atom is 0.250 e. The number of carbonyl (C=O) groups is 1. The highest BCUT2D eigenvalue weighted by atomic mass is 35.5. The Balaban J connectivity index is 2.14. The third-order valence-corrected chi connectivity index (χ3v) is 4.37. The molecule has 1 aromatic rings. The van der Waals surface area contributed by atoms with Crippen LogP contribution >= 0.6 is 11.6 Å². The van der Waals surface area contributed by atoms with Crippen molar-refractivity contribution < 1.29 is 4.79 Å². The van der Waals surface area contributed by atoms with E-state index in [9.17, 15) is 4.79 Å². The number of amides is 1. The van der Waals surface area contributed by atoms with E-state index in [1.165, 1.54) is 12.8 Å². The highest BCUT2D eigenvalue weighted by Crippen LogP contribution is 2.31. The number of halogens is 1. The first-order valence-electron chi connectivity index (χ1n) is 6.83. The Labute approximate surface area is 119 Å². The van der Waals surface area contributed by atoms with Gasteiger partial charge in [0.25, 0.3) is 0 Å². The second kappa shape index (κ2) is 5.83. The molecular weight excluding hydrogens is 260 g/mol. The third kappa shape index (κ3) is 3.41. The predicted molar refractivity (Wildman–Crippen MR) is 79.6 cm³/mol. The molecule has 3 N–H and O–H groups in total. The summed E-state index contributed by atoms with van der Waals surface area (Å²) < 4.78 is 0. The molecule has 1 aromatic carbocycles. The maximum atomic E-state index is 11.3. The molecule has 0 spiro atoms. The average Bonchev–Trinajstić information content (AvgIpc) is 2.36. The first-order valence-corrected chi connectivity index (χ1v) is 7.21. The lowest BCUT2D eigenvalue weighted by Crippen LogP contribution is -2.33. The molecule has 3 atom stereocenters. The number of anilines is 1. The van der Waals surface area contributed by atoms with Gasteiger partial charge >= 0.3 is 0 Å². The SMILES string of the molecule is CC1CCC(C)C(Nc2ccc(Cl)c(C(N)=O)c2)C1. The van der Waals surface area contributed by atoms with Crippen LogP contribution in [0.15, 0.2) is 18.2 Å². The van der Waals surface area contributed by atoms with E-state index in [4.69, 9.17) is 17.3 Å². The minimum atomic E-state index is -0.487. The lowest BCUT2D eigenvalue weighted by atomic mass is 9.80. The highest BCUT2D eigenvalue weighted by Gasteiger charge is 2.25. The Bertz CT molecular complexity index is 475. The minimum absolute atomic E-state index is 0.378. The fraction of sp³-hybridized carbons (Fsp3) is 0.533. The van der Waals surface area contributed by atoms with Crippen LogP contribution < -0.4 is 11.1 Å². The van der Waals surface area contributed by atoms with Gasteiger partial charge in [0.1, 0.15) is 0 Å². The number of carbonyl (C=O) groups excluding carboxylic acids is 1. The highest BCUT2D eigenvalue weighted by molar-refractivity contribution is 6.33. The van der Waals surface area contributed by atoms with Gasteiger partial charge in [0.2, 0.25) is 5.91 Å². The predicted octanol–water partition coefficient (Wildman–Crippen LogP) is 3.68. The standard InChI is InChI=1S/C15H21ClN2O/c1-9-3-4-10(2)14(7-9)18-11-5-6-13(16)12(8-11)15(17)19/h5-6,8-10,14,18H,3-4,7H2,1-2H3,(H2,17,19). The zero-order valence-corrected chi connectivity index (χ0v) is 12.2. The van der Waals surface area contributed by atoms with Gasteiger partial charge in [-0.3, -0.25) is 4.79 Å². The minimum Gasteiger partial charge on any atom is -0.382 e. The molecule has 3 nitrogen and oxygen atoms in total. The summed E-state index contributed by atoms with van der Waals surface area (Å²) in [4.78, 5) is 11.3. The Hall–Kier alpha value is -1.22. The molecule has 0 aromatic heterocycles. The van der Waals surface area contributed by atoms with Crippen LogP contribution in [-0.2, 0) is 0 Å². The lowest BCUT2D eigenvalue weighted by molar-refractivity contribution is 0.100. The van der Waals surface area contributed by atoms with Crippen molar-refractivity contribution in [3.05, 3.63) is 28.8 Å². The summed E-state index contributed by atoms with van der Waals surface area (Å²) in [6.45, 7) is 4.56. The van der Waals surface area contributed by atoms with Crippen LogP contribution in [0.3, 0.4) is 0 Å². The zero-order chi connectivity index (χ0) is 14.0. The molecule has 104 valence electrons. The average molecular weight is 281 g/mol. The van der Waals surface area contributed by atoms with E-state index in [2.05, 4.69) is 19.2 Å². The number of nitrogens with two attached hydrogens (primary N) is 1. The summed E-state index contributed by atoms with van der Waals surface area (Å²) in [5, 5.41) is 3.92. The van der Waals surface area contributed by atoms with Crippen LogP contribution in [0.1, 0.15) is 43.5 Å². The van der Waals surface area contributed by atoms with Gasteiger partial charge in [0.15, 0.2) is 0 Å². The quantitative estimate of drug-likeness (QED) is 0.887. The van der Waals surface area contributed by atoms with E-state index < -0.39 is 5.91 Å². The Kier molecular flexibility index (Phi) is 4.35. The summed E-state index contributed by atoms with van der Waals surface area (Å²) in [6, 6.07) is 5.82. The molecule has 1 aliphatic rings. The molecule has 19 heavy (non-hydrogen) atoms. The van der Waals surface area contributed by atoms with Crippen LogP contribution in [0.5, 0.6) is 0 Å². The van der Waals surface area contributed by atoms with E-state index in [-0.39, 0.29) is 0 Å². The molecular formula is C15H21ClN2O. The molecule has 3 unspecified atom stereocenters. The van der Waals surface area contributed by atoms with Crippen molar-refractivity contribution in [3.63, 3.8) is 0 Å². The molecule has 0 aliphatic heterocycles. The van der Waals surface area contributed by atoms with Crippen molar-refractivity contribution in [1.29, 1.82) is 0 Å². The van der Waals surface area contributed by atoms with Crippen molar-refractivity contribution in [2.75, 3.05) is 5.32 Å². The molecule has 1 fully saturated rings. The molecule has 2 rings (SSSR count). The number of hydrogen-bond acceptors (Lipinski definition) is 2. The molecule has 0 bridgehead atoms. The summed E-state index contributed by atoms with van der Waals surface area (Å²) in [6.07, 6.45) is 3.71. The first kappa shape index (κ1) is 14.2. The number of hydrogen-bond donors (Lipinski definition) is 2. The molecule has 1 saturated carbocycles. The normalized spacial score (nSPS) is 27.0. The van der Waals surface area contributed by atoms with Crippen molar-refractivity contribution in [2.45, 2.75) is 39.2 Å². The molecule has 1 amide bonds. The second-order valence-corrected chi connectivity index (χ2v) is 6.11. The fourth-order valence-electron chi connectivity index (χ4n) is 2.75. The number of rotatable bonds is 3. The summed E-state index contributed by atoms with van der Waals surface area (Å²) in [5.41, 5.74) is 6.61. The van der Waals surface area contributed by atoms with E-state index in [0.29, 0.717) is 22.5 Å². The third-order valence-electron chi connectivity index (χ3n) is 4.04. The Morgan fingerprint density at radius 3 is 2.79 bits per heavy atom. The van der Waals surface area contributed by atoms with Crippen molar-refractivity contribution in [1.82, 2.24) is 0 Å². The summed E-state index contributed by atoms with van der Waals surface area (Å²) >= 11 is 5.96. The lowest BCUT2D eigenvalue weighted by Gasteiger charge is -2.34. The number of nitrogens with one attached hydrogen (secondary N) is 1. The van der Waals surface area contributed by atoms with Crippen LogP contribution in [0.2, 0.25) is 5.02 Å². The van der Waals surface area contributed by atoms with Crippen molar-refractivity contribution >= 4 is 23.2 Å². The largest absolute Gasteiger partial charge is 0.382 e. The zero-order valence-electron chi connectivity index (χ0n) is 11.4. The van der Waals surface area contributed by atoms with Crippen molar-refractivity contribution in [2.24, 2.45) is 17.6 Å². The van der Waals surface area contributed by atoms with Gasteiger partial charge in [-0.15, -0.1) is 0 Å². The van der Waals surface area contributed by atoms with Gasteiger partial charge in [-0.05, 0) is 42.9 Å². The monoisotopic (exact) mass is 280 g/mol. The smallest absolute Gasteiger partial charge is 0.250 e. The summed E-state index contributed by atoms with van der Waals surface area (Å²) in [7, 11) is 0. The van der Waals surface area contributed by atoms with E-state index >= 15 is 0 Å². The molecule has 0 saturated heterocycles. The van der Waals surface area contributed by atoms with E-state index in [1.807, 2.05) is 6.07 Å². The topological polar surface area (TPSA) is 55.1 Å². The number of primary amides is 1. The molecule has 1 aliphatic carbocycles. The van der Waals surface area contributed by atoms with Crippen LogP contribution in [0.25, 0.3) is 0 Å².